The van der Waals surface area contributed by atoms with Gasteiger partial charge in [0.1, 0.15) is 0 Å². The van der Waals surface area contributed by atoms with Crippen LogP contribution in [0.1, 0.15) is 105 Å². The Kier molecular flexibility index (Phi) is 7.16. The molecule has 0 spiro atoms. The number of carbonyl (C=O) groups is 2. The summed E-state index contributed by atoms with van der Waals surface area (Å²) in [5, 5.41) is 0. The second-order valence-electron chi connectivity index (χ2n) is 16.3. The number of ether oxygens (including phenoxy) is 1. The molecule has 228 valence electrons. The highest BCUT2D eigenvalue weighted by molar-refractivity contribution is 9.10. The maximum Gasteiger partial charge on any atom is 0.312 e. The highest BCUT2D eigenvalue weighted by Gasteiger charge is 2.72. The Labute approximate surface area is 262 Å². The van der Waals surface area contributed by atoms with E-state index >= 15 is 0 Å². The second kappa shape index (κ2) is 9.91. The average Bonchev–Trinajstić information content (AvgIpc) is 3.34. The SMILES string of the molecule is C=C(C)[C@@H]1CC[C@]2(C(=O)OC)CC[C@]3(C)[C@H](CC[C@@H]4[C@@]5(C)C/C(=C\c6ccc(Br)cc6)C(=O)C(C)(C)[C@H]5CC[C@]43C)[C@H]12. The summed E-state index contributed by atoms with van der Waals surface area (Å²) in [6.07, 6.45) is 11.7. The summed E-state index contributed by atoms with van der Waals surface area (Å²) in [6, 6.07) is 8.35. The summed E-state index contributed by atoms with van der Waals surface area (Å²) >= 11 is 3.56. The van der Waals surface area contributed by atoms with Crippen molar-refractivity contribution in [3.05, 3.63) is 52.0 Å². The fourth-order valence-electron chi connectivity index (χ4n) is 12.4. The predicted molar refractivity (Wildman–Crippen MR) is 173 cm³/mol. The number of ketones is 1. The summed E-state index contributed by atoms with van der Waals surface area (Å²) in [5.41, 5.74) is 2.98. The monoisotopic (exact) mass is 634 g/mol. The molecular formula is C38H51BrO3. The number of allylic oxidation sites excluding steroid dienone is 2. The van der Waals surface area contributed by atoms with Crippen molar-refractivity contribution in [2.75, 3.05) is 7.11 Å². The summed E-state index contributed by atoms with van der Waals surface area (Å²) in [6.45, 7) is 18.8. The number of Topliss-reactive ketones (excluding diaryl/α,β-unsaturated/α-hetero) is 1. The van der Waals surface area contributed by atoms with Crippen molar-refractivity contribution in [2.24, 2.45) is 56.7 Å². The molecule has 5 aliphatic carbocycles. The quantitative estimate of drug-likeness (QED) is 0.189. The van der Waals surface area contributed by atoms with Crippen LogP contribution in [0.4, 0.5) is 0 Å². The number of fused-ring (bicyclic) bond motifs is 7. The Morgan fingerprint density at radius 1 is 0.929 bits per heavy atom. The number of benzene rings is 1. The van der Waals surface area contributed by atoms with Crippen LogP contribution in [0.3, 0.4) is 0 Å². The Morgan fingerprint density at radius 3 is 2.26 bits per heavy atom. The topological polar surface area (TPSA) is 43.4 Å². The summed E-state index contributed by atoms with van der Waals surface area (Å²) in [7, 11) is 1.59. The van der Waals surface area contributed by atoms with E-state index in [9.17, 15) is 9.59 Å². The Bertz CT molecular complexity index is 1340. The molecule has 0 bridgehead atoms. The summed E-state index contributed by atoms with van der Waals surface area (Å²) in [4.78, 5) is 27.6. The normalized spacial score (nSPS) is 44.9. The molecule has 0 radical (unpaired) electrons. The molecule has 42 heavy (non-hydrogen) atoms. The third-order valence-electron chi connectivity index (χ3n) is 14.5. The van der Waals surface area contributed by atoms with Gasteiger partial charge in [0.15, 0.2) is 5.78 Å². The third kappa shape index (κ3) is 3.94. The van der Waals surface area contributed by atoms with E-state index in [4.69, 9.17) is 4.74 Å². The molecule has 0 heterocycles. The molecular weight excluding hydrogens is 584 g/mol. The largest absolute Gasteiger partial charge is 0.469 e. The minimum atomic E-state index is -0.379. The molecule has 0 saturated heterocycles. The van der Waals surface area contributed by atoms with Gasteiger partial charge in [-0.1, -0.05) is 74.8 Å². The molecule has 0 aliphatic heterocycles. The van der Waals surface area contributed by atoms with E-state index in [-0.39, 0.29) is 33.0 Å². The van der Waals surface area contributed by atoms with Crippen molar-refractivity contribution < 1.29 is 14.3 Å². The Balaban J connectivity index is 1.41. The van der Waals surface area contributed by atoms with E-state index in [0.717, 1.165) is 60.6 Å². The lowest BCUT2D eigenvalue weighted by atomic mass is 9.32. The zero-order valence-corrected chi connectivity index (χ0v) is 28.5. The zero-order valence-electron chi connectivity index (χ0n) is 26.9. The minimum absolute atomic E-state index is 0.0245. The molecule has 5 aliphatic rings. The number of carbonyl (C=O) groups excluding carboxylic acids is 2. The fourth-order valence-corrected chi connectivity index (χ4v) is 12.7. The van der Waals surface area contributed by atoms with E-state index in [1.165, 1.54) is 18.4 Å². The van der Waals surface area contributed by atoms with Gasteiger partial charge < -0.3 is 4.74 Å². The first-order valence-electron chi connectivity index (χ1n) is 16.4. The van der Waals surface area contributed by atoms with Crippen LogP contribution in [0.25, 0.3) is 6.08 Å². The van der Waals surface area contributed by atoms with Crippen molar-refractivity contribution in [1.29, 1.82) is 0 Å². The average molecular weight is 636 g/mol. The molecule has 6 rings (SSSR count). The minimum Gasteiger partial charge on any atom is -0.469 e. The first kappa shape index (κ1) is 30.4. The summed E-state index contributed by atoms with van der Waals surface area (Å²) in [5.74, 6) is 2.50. The predicted octanol–water partition coefficient (Wildman–Crippen LogP) is 9.84. The molecule has 0 N–H and O–H groups in total. The van der Waals surface area contributed by atoms with E-state index in [1.54, 1.807) is 7.11 Å². The lowest BCUT2D eigenvalue weighted by Crippen LogP contribution is -2.67. The van der Waals surface area contributed by atoms with Crippen LogP contribution >= 0.6 is 15.9 Å². The maximum atomic E-state index is 14.1. The second-order valence-corrected chi connectivity index (χ2v) is 17.2. The number of hydrogen-bond acceptors (Lipinski definition) is 3. The first-order chi connectivity index (χ1) is 19.7. The van der Waals surface area contributed by atoms with Gasteiger partial charge in [-0.2, -0.15) is 0 Å². The van der Waals surface area contributed by atoms with Crippen molar-refractivity contribution in [2.45, 2.75) is 99.3 Å². The molecule has 0 amide bonds. The molecule has 5 saturated carbocycles. The Hall–Kier alpha value is -1.68. The van der Waals surface area contributed by atoms with Gasteiger partial charge in [-0.25, -0.2) is 0 Å². The number of halogens is 1. The molecule has 3 nitrogen and oxygen atoms in total. The highest BCUT2D eigenvalue weighted by Crippen LogP contribution is 2.77. The maximum absolute atomic E-state index is 14.1. The molecule has 9 atom stereocenters. The lowest BCUT2D eigenvalue weighted by Gasteiger charge is -2.72. The fraction of sp³-hybridized carbons (Fsp3) is 0.684. The van der Waals surface area contributed by atoms with Gasteiger partial charge in [0.2, 0.25) is 0 Å². The van der Waals surface area contributed by atoms with Crippen molar-refractivity contribution in [3.8, 4) is 0 Å². The Morgan fingerprint density at radius 2 is 1.62 bits per heavy atom. The third-order valence-corrected chi connectivity index (χ3v) is 15.0. The van der Waals surface area contributed by atoms with Gasteiger partial charge in [0.05, 0.1) is 12.5 Å². The van der Waals surface area contributed by atoms with E-state index in [0.29, 0.717) is 35.4 Å². The van der Waals surface area contributed by atoms with Gasteiger partial charge >= 0.3 is 5.97 Å². The van der Waals surface area contributed by atoms with E-state index in [1.807, 2.05) is 0 Å². The van der Waals surface area contributed by atoms with Gasteiger partial charge in [0, 0.05) is 9.89 Å². The van der Waals surface area contributed by atoms with Crippen LogP contribution in [0.2, 0.25) is 0 Å². The molecule has 4 heteroatoms. The number of methoxy groups -OCH3 is 1. The van der Waals surface area contributed by atoms with Crippen molar-refractivity contribution in [1.82, 2.24) is 0 Å². The van der Waals surface area contributed by atoms with Crippen LogP contribution in [0, 0.1) is 56.7 Å². The molecule has 0 unspecified atom stereocenters. The zero-order chi connectivity index (χ0) is 30.5. The lowest BCUT2D eigenvalue weighted by molar-refractivity contribution is -0.232. The molecule has 5 fully saturated rings. The van der Waals surface area contributed by atoms with Crippen LogP contribution in [0.5, 0.6) is 0 Å². The smallest absolute Gasteiger partial charge is 0.312 e. The van der Waals surface area contributed by atoms with Gasteiger partial charge in [-0.3, -0.25) is 9.59 Å². The standard InChI is InChI=1S/C38H51BrO3/c1-23(2)27-15-18-38(33(41)42-8)20-19-36(6)28(31(27)38)13-14-30-35(5)22-25(21-24-9-11-26(39)12-10-24)32(40)34(3,4)29(35)16-17-37(30,36)7/h9-12,21,27-31H,1,13-20,22H2,2-8H3/b25-21+/t27-,28+,29+,30+,31-,35-,36+,37+,38-/m0/s1. The van der Waals surface area contributed by atoms with Gasteiger partial charge in [-0.15, -0.1) is 0 Å². The first-order valence-corrected chi connectivity index (χ1v) is 17.2. The van der Waals surface area contributed by atoms with E-state index in [2.05, 4.69) is 94.4 Å². The van der Waals surface area contributed by atoms with E-state index < -0.39 is 0 Å². The van der Waals surface area contributed by atoms with Crippen molar-refractivity contribution >= 4 is 33.8 Å². The van der Waals surface area contributed by atoms with Crippen LogP contribution in [0.15, 0.2) is 46.5 Å². The number of esters is 1. The summed E-state index contributed by atoms with van der Waals surface area (Å²) < 4.78 is 6.60. The van der Waals surface area contributed by atoms with Gasteiger partial charge in [-0.05, 0) is 140 Å². The highest BCUT2D eigenvalue weighted by atomic mass is 79.9. The van der Waals surface area contributed by atoms with Crippen LogP contribution in [-0.4, -0.2) is 18.9 Å². The molecule has 1 aromatic rings. The van der Waals surface area contributed by atoms with Crippen LogP contribution < -0.4 is 0 Å². The number of hydrogen-bond donors (Lipinski definition) is 0. The molecule has 1 aromatic carbocycles. The molecule has 0 aromatic heterocycles. The number of rotatable bonds is 3. The van der Waals surface area contributed by atoms with Gasteiger partial charge in [0.25, 0.3) is 0 Å². The van der Waals surface area contributed by atoms with Crippen LogP contribution in [-0.2, 0) is 14.3 Å². The van der Waals surface area contributed by atoms with Crippen molar-refractivity contribution in [3.63, 3.8) is 0 Å².